The Morgan fingerprint density at radius 3 is 2.71 bits per heavy atom. The number of ether oxygens (including phenoxy) is 1. The minimum Gasteiger partial charge on any atom is -0.486 e. The van der Waals surface area contributed by atoms with Gasteiger partial charge in [-0.3, -0.25) is 4.79 Å². The Morgan fingerprint density at radius 1 is 1.33 bits per heavy atom. The Kier molecular flexibility index (Phi) is 5.41. The van der Waals surface area contributed by atoms with E-state index in [2.05, 4.69) is 21.2 Å². The van der Waals surface area contributed by atoms with Crippen molar-refractivity contribution in [2.24, 2.45) is 5.73 Å². The molecule has 6 heteroatoms. The second-order valence-corrected chi connectivity index (χ2v) is 5.53. The molecule has 21 heavy (non-hydrogen) atoms. The molecule has 1 heterocycles. The van der Waals surface area contributed by atoms with Crippen LogP contribution in [0.5, 0.6) is 5.75 Å². The van der Waals surface area contributed by atoms with Gasteiger partial charge in [-0.1, -0.05) is 15.9 Å². The summed E-state index contributed by atoms with van der Waals surface area (Å²) >= 11 is 3.36. The van der Waals surface area contributed by atoms with Crippen LogP contribution in [0.4, 0.5) is 0 Å². The minimum atomic E-state index is -0.275. The summed E-state index contributed by atoms with van der Waals surface area (Å²) in [5.74, 6) is 1.30. The molecule has 1 aromatic carbocycles. The molecule has 2 rings (SSSR count). The monoisotopic (exact) mass is 352 g/mol. The third-order valence-electron chi connectivity index (χ3n) is 2.81. The summed E-state index contributed by atoms with van der Waals surface area (Å²) < 4.78 is 12.0. The van der Waals surface area contributed by atoms with Crippen molar-refractivity contribution in [2.45, 2.75) is 19.6 Å². The van der Waals surface area contributed by atoms with E-state index in [-0.39, 0.29) is 24.3 Å². The van der Waals surface area contributed by atoms with E-state index >= 15 is 0 Å². The molecule has 0 aliphatic carbocycles. The molecule has 2 aromatic rings. The molecule has 0 aliphatic heterocycles. The van der Waals surface area contributed by atoms with Crippen molar-refractivity contribution in [3.63, 3.8) is 0 Å². The number of furan rings is 1. The Morgan fingerprint density at radius 2 is 2.05 bits per heavy atom. The lowest BCUT2D eigenvalue weighted by Gasteiger charge is -2.09. The number of rotatable bonds is 6. The van der Waals surface area contributed by atoms with Gasteiger partial charge < -0.3 is 20.2 Å². The Hall–Kier alpha value is -1.79. The Balaban J connectivity index is 1.91. The molecule has 112 valence electrons. The van der Waals surface area contributed by atoms with Crippen LogP contribution in [0, 0.1) is 0 Å². The van der Waals surface area contributed by atoms with E-state index in [0.29, 0.717) is 12.3 Å². The van der Waals surface area contributed by atoms with Gasteiger partial charge in [0.15, 0.2) is 5.76 Å². The van der Waals surface area contributed by atoms with Gasteiger partial charge in [-0.15, -0.1) is 0 Å². The first-order valence-corrected chi connectivity index (χ1v) is 7.36. The molecule has 0 unspecified atom stereocenters. The lowest BCUT2D eigenvalue weighted by atomic mass is 10.3. The highest BCUT2D eigenvalue weighted by Gasteiger charge is 2.13. The maximum atomic E-state index is 11.8. The van der Waals surface area contributed by atoms with Crippen LogP contribution in [0.1, 0.15) is 23.2 Å². The van der Waals surface area contributed by atoms with Gasteiger partial charge in [0.05, 0.1) is 0 Å². The van der Waals surface area contributed by atoms with E-state index in [0.717, 1.165) is 10.2 Å². The Bertz CT molecular complexity index is 595. The molecule has 5 nitrogen and oxygen atoms in total. The fraction of sp³-hybridized carbons (Fsp3) is 0.267. The normalized spacial score (nSPS) is 12.0. The van der Waals surface area contributed by atoms with Crippen LogP contribution >= 0.6 is 15.9 Å². The average Bonchev–Trinajstić information content (AvgIpc) is 2.95. The highest BCUT2D eigenvalue weighted by Crippen LogP contribution is 2.18. The van der Waals surface area contributed by atoms with E-state index < -0.39 is 0 Å². The molecule has 0 spiro atoms. The van der Waals surface area contributed by atoms with Crippen molar-refractivity contribution in [3.8, 4) is 5.75 Å². The van der Waals surface area contributed by atoms with Gasteiger partial charge in [0.1, 0.15) is 18.1 Å². The number of carbonyl (C=O) groups is 1. The number of hydrogen-bond donors (Lipinski definition) is 2. The van der Waals surface area contributed by atoms with Crippen LogP contribution in [0.15, 0.2) is 45.3 Å². The average molecular weight is 353 g/mol. The summed E-state index contributed by atoms with van der Waals surface area (Å²) in [6, 6.07) is 10.7. The standard InChI is InChI=1S/C15H17BrN2O3/c1-10(8-17)18-15(19)14-7-6-13(21-14)9-20-12-4-2-11(16)3-5-12/h2-7,10H,8-9,17H2,1H3,(H,18,19)/t10-/m0/s1. The molecule has 0 saturated carbocycles. The lowest BCUT2D eigenvalue weighted by molar-refractivity contribution is 0.0909. The van der Waals surface area contributed by atoms with Crippen LogP contribution in [0.3, 0.4) is 0 Å². The van der Waals surface area contributed by atoms with E-state index in [1.165, 1.54) is 0 Å². The Labute approximate surface area is 131 Å². The molecular formula is C15H17BrN2O3. The molecule has 0 radical (unpaired) electrons. The zero-order chi connectivity index (χ0) is 15.2. The largest absolute Gasteiger partial charge is 0.486 e. The van der Waals surface area contributed by atoms with E-state index in [1.807, 2.05) is 31.2 Å². The zero-order valence-electron chi connectivity index (χ0n) is 11.6. The topological polar surface area (TPSA) is 77.5 Å². The van der Waals surface area contributed by atoms with Gasteiger partial charge in [0, 0.05) is 17.1 Å². The second-order valence-electron chi connectivity index (χ2n) is 4.62. The van der Waals surface area contributed by atoms with Crippen molar-refractivity contribution >= 4 is 21.8 Å². The van der Waals surface area contributed by atoms with Gasteiger partial charge in [-0.25, -0.2) is 0 Å². The maximum Gasteiger partial charge on any atom is 0.287 e. The summed E-state index contributed by atoms with van der Waals surface area (Å²) in [5, 5.41) is 2.74. The minimum absolute atomic E-state index is 0.0925. The molecule has 1 atom stereocenters. The quantitative estimate of drug-likeness (QED) is 0.837. The van der Waals surface area contributed by atoms with Crippen molar-refractivity contribution in [1.82, 2.24) is 5.32 Å². The number of carbonyl (C=O) groups excluding carboxylic acids is 1. The highest BCUT2D eigenvalue weighted by atomic mass is 79.9. The van der Waals surface area contributed by atoms with Crippen LogP contribution in [-0.4, -0.2) is 18.5 Å². The van der Waals surface area contributed by atoms with Gasteiger partial charge in [0.2, 0.25) is 0 Å². The summed E-state index contributed by atoms with van der Waals surface area (Å²) in [6.07, 6.45) is 0. The van der Waals surface area contributed by atoms with Crippen LogP contribution in [-0.2, 0) is 6.61 Å². The van der Waals surface area contributed by atoms with E-state index in [4.69, 9.17) is 14.9 Å². The fourth-order valence-corrected chi connectivity index (χ4v) is 1.88. The summed E-state index contributed by atoms with van der Waals surface area (Å²) in [4.78, 5) is 11.8. The molecule has 0 aliphatic rings. The van der Waals surface area contributed by atoms with Crippen molar-refractivity contribution in [1.29, 1.82) is 0 Å². The summed E-state index contributed by atoms with van der Waals surface area (Å²) in [7, 11) is 0. The summed E-state index contributed by atoms with van der Waals surface area (Å²) in [5.41, 5.74) is 5.46. The van der Waals surface area contributed by atoms with Gasteiger partial charge in [-0.05, 0) is 43.3 Å². The van der Waals surface area contributed by atoms with Crippen LogP contribution < -0.4 is 15.8 Å². The van der Waals surface area contributed by atoms with Crippen molar-refractivity contribution in [3.05, 3.63) is 52.4 Å². The smallest absolute Gasteiger partial charge is 0.287 e. The summed E-state index contributed by atoms with van der Waals surface area (Å²) in [6.45, 7) is 2.48. The van der Waals surface area contributed by atoms with E-state index in [9.17, 15) is 4.79 Å². The SMILES string of the molecule is C[C@@H](CN)NC(=O)c1ccc(COc2ccc(Br)cc2)o1. The predicted octanol–water partition coefficient (Wildman–Crippen LogP) is 2.70. The van der Waals surface area contributed by atoms with Crippen LogP contribution in [0.2, 0.25) is 0 Å². The molecular weight excluding hydrogens is 336 g/mol. The number of halogens is 1. The fourth-order valence-electron chi connectivity index (χ4n) is 1.62. The molecule has 0 saturated heterocycles. The molecule has 0 bridgehead atoms. The van der Waals surface area contributed by atoms with Crippen LogP contribution in [0.25, 0.3) is 0 Å². The first kappa shape index (κ1) is 15.6. The van der Waals surface area contributed by atoms with Crippen molar-refractivity contribution in [2.75, 3.05) is 6.54 Å². The molecule has 0 fully saturated rings. The molecule has 3 N–H and O–H groups in total. The highest BCUT2D eigenvalue weighted by molar-refractivity contribution is 9.10. The molecule has 1 aromatic heterocycles. The lowest BCUT2D eigenvalue weighted by Crippen LogP contribution is -2.37. The first-order chi connectivity index (χ1) is 10.1. The third kappa shape index (κ3) is 4.61. The number of nitrogens with one attached hydrogen (secondary N) is 1. The van der Waals surface area contributed by atoms with Gasteiger partial charge in [-0.2, -0.15) is 0 Å². The van der Waals surface area contributed by atoms with Gasteiger partial charge in [0.25, 0.3) is 5.91 Å². The number of benzene rings is 1. The van der Waals surface area contributed by atoms with Crippen molar-refractivity contribution < 1.29 is 13.9 Å². The number of nitrogens with two attached hydrogens (primary N) is 1. The number of amides is 1. The predicted molar refractivity (Wildman–Crippen MR) is 83.2 cm³/mol. The third-order valence-corrected chi connectivity index (χ3v) is 3.34. The molecule has 1 amide bonds. The zero-order valence-corrected chi connectivity index (χ0v) is 13.2. The number of hydrogen-bond acceptors (Lipinski definition) is 4. The van der Waals surface area contributed by atoms with Gasteiger partial charge >= 0.3 is 0 Å². The first-order valence-electron chi connectivity index (χ1n) is 6.56. The maximum absolute atomic E-state index is 11.8. The second kappa shape index (κ2) is 7.28. The van der Waals surface area contributed by atoms with E-state index in [1.54, 1.807) is 12.1 Å².